The van der Waals surface area contributed by atoms with Gasteiger partial charge in [-0.1, -0.05) is 75.6 Å². The average molecular weight is 461 g/mol. The molecular formula is C27H32N4O3. The molecule has 2 aromatic carbocycles. The van der Waals surface area contributed by atoms with Gasteiger partial charge in [-0.05, 0) is 42.0 Å². The first-order valence-electron chi connectivity index (χ1n) is 12.0. The van der Waals surface area contributed by atoms with Crippen LogP contribution < -0.4 is 11.2 Å². The summed E-state index contributed by atoms with van der Waals surface area (Å²) in [5, 5.41) is 4.31. The van der Waals surface area contributed by atoms with Gasteiger partial charge in [0, 0.05) is 13.1 Å². The molecule has 1 aromatic heterocycles. The lowest BCUT2D eigenvalue weighted by Crippen LogP contribution is -2.48. The Labute approximate surface area is 199 Å². The smallest absolute Gasteiger partial charge is 0.337 e. The van der Waals surface area contributed by atoms with Gasteiger partial charge in [0.15, 0.2) is 0 Å². The van der Waals surface area contributed by atoms with E-state index in [9.17, 15) is 14.4 Å². The maximum absolute atomic E-state index is 13.4. The van der Waals surface area contributed by atoms with Crippen LogP contribution in [0.3, 0.4) is 0 Å². The van der Waals surface area contributed by atoms with Gasteiger partial charge in [0.05, 0.1) is 12.2 Å². The molecule has 0 spiro atoms. The van der Waals surface area contributed by atoms with Gasteiger partial charge in [-0.3, -0.25) is 14.2 Å². The Bertz CT molecular complexity index is 1250. The molecule has 0 unspecified atom stereocenters. The van der Waals surface area contributed by atoms with E-state index in [2.05, 4.69) is 18.9 Å². The van der Waals surface area contributed by atoms with Gasteiger partial charge < -0.3 is 4.90 Å². The fourth-order valence-corrected chi connectivity index (χ4v) is 4.52. The molecule has 178 valence electrons. The van der Waals surface area contributed by atoms with Crippen LogP contribution in [-0.2, 0) is 6.54 Å². The van der Waals surface area contributed by atoms with Crippen molar-refractivity contribution in [2.75, 3.05) is 7.05 Å². The molecule has 1 fully saturated rings. The van der Waals surface area contributed by atoms with Crippen LogP contribution in [0.4, 0.5) is 0 Å². The van der Waals surface area contributed by atoms with E-state index < -0.39 is 17.2 Å². The minimum Gasteiger partial charge on any atom is -0.337 e. The molecule has 1 saturated carbocycles. The van der Waals surface area contributed by atoms with E-state index in [1.807, 2.05) is 42.5 Å². The molecule has 0 atom stereocenters. The third kappa shape index (κ3) is 4.88. The van der Waals surface area contributed by atoms with Crippen molar-refractivity contribution in [2.24, 2.45) is 0 Å². The highest BCUT2D eigenvalue weighted by Crippen LogP contribution is 2.22. The number of nitrogens with zero attached hydrogens (tertiary/aromatic N) is 4. The Hall–Kier alpha value is -3.48. The molecule has 1 heterocycles. The second-order valence-electron chi connectivity index (χ2n) is 9.37. The Morgan fingerprint density at radius 3 is 2.26 bits per heavy atom. The fourth-order valence-electron chi connectivity index (χ4n) is 4.52. The number of amides is 1. The summed E-state index contributed by atoms with van der Waals surface area (Å²) in [5.74, 6) is -0.0988. The number of aromatic nitrogens is 3. The van der Waals surface area contributed by atoms with Crippen LogP contribution in [0.1, 0.15) is 73.5 Å². The summed E-state index contributed by atoms with van der Waals surface area (Å²) in [6, 6.07) is 16.9. The molecular weight excluding hydrogens is 428 g/mol. The highest BCUT2D eigenvalue weighted by molar-refractivity contribution is 5.91. The molecule has 1 aliphatic carbocycles. The van der Waals surface area contributed by atoms with Crippen molar-refractivity contribution in [2.45, 2.75) is 64.5 Å². The van der Waals surface area contributed by atoms with Crippen molar-refractivity contribution < 1.29 is 4.79 Å². The molecule has 0 radical (unpaired) electrons. The Kier molecular flexibility index (Phi) is 7.10. The van der Waals surface area contributed by atoms with E-state index in [1.165, 1.54) is 4.68 Å². The standard InChI is InChI=1S/C27H32N4O3/c1-19(2)21-14-16-23(17-15-21)31-27(34)30(18-20-10-6-4-7-11-20)26(33)24(28-31)25(32)29(3)22-12-8-5-9-13-22/h4,6-7,10-11,14-17,19,22H,5,8-9,12-13,18H2,1-3H3. The lowest BCUT2D eigenvalue weighted by atomic mass is 9.94. The number of carbonyl (C=O) groups excluding carboxylic acids is 1. The van der Waals surface area contributed by atoms with Crippen molar-refractivity contribution in [3.05, 3.63) is 92.3 Å². The molecule has 0 aliphatic heterocycles. The average Bonchev–Trinajstić information content (AvgIpc) is 2.87. The second-order valence-corrected chi connectivity index (χ2v) is 9.37. The summed E-state index contributed by atoms with van der Waals surface area (Å²) >= 11 is 0. The quantitative estimate of drug-likeness (QED) is 0.558. The molecule has 1 amide bonds. The molecule has 34 heavy (non-hydrogen) atoms. The SMILES string of the molecule is CC(C)c1ccc(-n2nc(C(=O)N(C)C3CCCCC3)c(=O)n(Cc3ccccc3)c2=O)cc1. The third-order valence-electron chi connectivity index (χ3n) is 6.69. The molecule has 4 rings (SSSR count). The summed E-state index contributed by atoms with van der Waals surface area (Å²) in [6.07, 6.45) is 5.12. The van der Waals surface area contributed by atoms with E-state index in [1.54, 1.807) is 24.1 Å². The molecule has 7 nitrogen and oxygen atoms in total. The largest absolute Gasteiger partial charge is 0.352 e. The molecule has 1 aliphatic rings. The molecule has 0 N–H and O–H groups in total. The summed E-state index contributed by atoms with van der Waals surface area (Å²) in [5.41, 5.74) is 0.998. The fraction of sp³-hybridized carbons (Fsp3) is 0.407. The van der Waals surface area contributed by atoms with Crippen LogP contribution in [0.15, 0.2) is 64.2 Å². The van der Waals surface area contributed by atoms with Gasteiger partial charge in [0.1, 0.15) is 0 Å². The lowest BCUT2D eigenvalue weighted by molar-refractivity contribution is 0.0684. The lowest BCUT2D eigenvalue weighted by Gasteiger charge is -2.30. The normalized spacial score (nSPS) is 14.4. The van der Waals surface area contributed by atoms with E-state index in [4.69, 9.17) is 0 Å². The van der Waals surface area contributed by atoms with Gasteiger partial charge in [0.25, 0.3) is 11.5 Å². The van der Waals surface area contributed by atoms with Crippen LogP contribution in [0.2, 0.25) is 0 Å². The van der Waals surface area contributed by atoms with Gasteiger partial charge >= 0.3 is 5.69 Å². The van der Waals surface area contributed by atoms with E-state index in [0.717, 1.165) is 47.8 Å². The van der Waals surface area contributed by atoms with Crippen LogP contribution in [0.25, 0.3) is 5.69 Å². The molecule has 0 saturated heterocycles. The second kappa shape index (κ2) is 10.2. The number of hydrogen-bond donors (Lipinski definition) is 0. The predicted molar refractivity (Wildman–Crippen MR) is 133 cm³/mol. The number of rotatable bonds is 6. The van der Waals surface area contributed by atoms with E-state index in [0.29, 0.717) is 11.6 Å². The van der Waals surface area contributed by atoms with Gasteiger partial charge in [0.2, 0.25) is 5.69 Å². The Morgan fingerprint density at radius 1 is 1.00 bits per heavy atom. The Balaban J connectivity index is 1.82. The Morgan fingerprint density at radius 2 is 1.65 bits per heavy atom. The predicted octanol–water partition coefficient (Wildman–Crippen LogP) is 3.97. The molecule has 0 bridgehead atoms. The first-order chi connectivity index (χ1) is 16.4. The van der Waals surface area contributed by atoms with Crippen LogP contribution in [-0.4, -0.2) is 38.2 Å². The summed E-state index contributed by atoms with van der Waals surface area (Å²) in [4.78, 5) is 41.9. The third-order valence-corrected chi connectivity index (χ3v) is 6.69. The van der Waals surface area contributed by atoms with Crippen LogP contribution in [0.5, 0.6) is 0 Å². The highest BCUT2D eigenvalue weighted by Gasteiger charge is 2.28. The van der Waals surface area contributed by atoms with E-state index in [-0.39, 0.29) is 18.3 Å². The minimum absolute atomic E-state index is 0.0680. The van der Waals surface area contributed by atoms with Crippen molar-refractivity contribution in [3.8, 4) is 5.69 Å². The summed E-state index contributed by atoms with van der Waals surface area (Å²) < 4.78 is 2.29. The van der Waals surface area contributed by atoms with E-state index >= 15 is 0 Å². The zero-order valence-electron chi connectivity index (χ0n) is 20.1. The summed E-state index contributed by atoms with van der Waals surface area (Å²) in [7, 11) is 1.73. The van der Waals surface area contributed by atoms with Gasteiger partial charge in [-0.2, -0.15) is 9.78 Å². The summed E-state index contributed by atoms with van der Waals surface area (Å²) in [6.45, 7) is 4.26. The highest BCUT2D eigenvalue weighted by atomic mass is 16.2. The zero-order chi connectivity index (χ0) is 24.2. The van der Waals surface area contributed by atoms with Crippen molar-refractivity contribution >= 4 is 5.91 Å². The number of hydrogen-bond acceptors (Lipinski definition) is 4. The minimum atomic E-state index is -0.656. The zero-order valence-corrected chi connectivity index (χ0v) is 20.1. The van der Waals surface area contributed by atoms with Crippen LogP contribution in [0, 0.1) is 0 Å². The van der Waals surface area contributed by atoms with Crippen molar-refractivity contribution in [3.63, 3.8) is 0 Å². The maximum Gasteiger partial charge on any atom is 0.352 e. The number of benzene rings is 2. The molecule has 7 heteroatoms. The maximum atomic E-state index is 13.4. The van der Waals surface area contributed by atoms with Gasteiger partial charge in [-0.15, -0.1) is 0 Å². The van der Waals surface area contributed by atoms with Gasteiger partial charge in [-0.25, -0.2) is 4.79 Å². The topological polar surface area (TPSA) is 77.2 Å². The van der Waals surface area contributed by atoms with Crippen molar-refractivity contribution in [1.29, 1.82) is 0 Å². The first-order valence-corrected chi connectivity index (χ1v) is 12.0. The van der Waals surface area contributed by atoms with Crippen LogP contribution >= 0.6 is 0 Å². The number of carbonyl (C=O) groups is 1. The molecule has 3 aromatic rings. The monoisotopic (exact) mass is 460 g/mol. The first kappa shape index (κ1) is 23.7. The van der Waals surface area contributed by atoms with Crippen molar-refractivity contribution in [1.82, 2.24) is 19.2 Å².